The lowest BCUT2D eigenvalue weighted by atomic mass is 10.1. The maximum absolute atomic E-state index is 14.5. The number of carbonyl (C=O) groups is 1. The molecule has 1 amide bonds. The van der Waals surface area contributed by atoms with Crippen molar-refractivity contribution in [2.75, 3.05) is 10.8 Å². The normalized spacial score (nSPS) is 11.7. The van der Waals surface area contributed by atoms with Gasteiger partial charge in [-0.3, -0.25) is 19.2 Å². The molecule has 0 unspecified atom stereocenters. The van der Waals surface area contributed by atoms with Gasteiger partial charge in [0.1, 0.15) is 12.4 Å². The van der Waals surface area contributed by atoms with E-state index in [0.29, 0.717) is 15.6 Å². The molecule has 11 heteroatoms. The summed E-state index contributed by atoms with van der Waals surface area (Å²) >= 11 is 0. The second kappa shape index (κ2) is 10.2. The average molecular weight is 485 g/mol. The van der Waals surface area contributed by atoms with Gasteiger partial charge in [0.25, 0.3) is 21.6 Å². The molecule has 0 heterocycles. The number of nitrogens with zero attached hydrogens (tertiary/aromatic N) is 3. The number of aryl methyl sites for hydroxylation is 1. The molecule has 3 rings (SSSR count). The molecule has 0 aliphatic carbocycles. The summed E-state index contributed by atoms with van der Waals surface area (Å²) in [4.78, 5) is 22.8. The number of benzene rings is 3. The molecule has 9 nitrogen and oxygen atoms in total. The number of nitrogens with one attached hydrogen (secondary N) is 1. The standard InChI is InChI=1S/C23H21FN4O5S/c1-16-7-13-20(14-8-16)34(32,33)27(22-6-4-3-5-21(22)24)15-23(29)26-25-17(2)18-9-11-19(12-10-18)28(30)31/h3-14H,15H2,1-2H3,(H,26,29)/b25-17-. The van der Waals surface area contributed by atoms with Crippen LogP contribution in [0.5, 0.6) is 0 Å². The van der Waals surface area contributed by atoms with Crippen molar-refractivity contribution in [3.63, 3.8) is 0 Å². The van der Waals surface area contributed by atoms with Gasteiger partial charge >= 0.3 is 0 Å². The van der Waals surface area contributed by atoms with Crippen molar-refractivity contribution in [2.24, 2.45) is 5.10 Å². The van der Waals surface area contributed by atoms with Crippen molar-refractivity contribution in [2.45, 2.75) is 18.7 Å². The second-order valence-corrected chi connectivity index (χ2v) is 9.17. The lowest BCUT2D eigenvalue weighted by Gasteiger charge is -2.24. The summed E-state index contributed by atoms with van der Waals surface area (Å²) in [6.45, 7) is 2.64. The van der Waals surface area contributed by atoms with Gasteiger partial charge in [-0.1, -0.05) is 29.8 Å². The van der Waals surface area contributed by atoms with E-state index in [1.165, 1.54) is 54.6 Å². The van der Waals surface area contributed by atoms with Gasteiger partial charge < -0.3 is 0 Å². The molecule has 0 aromatic heterocycles. The lowest BCUT2D eigenvalue weighted by Crippen LogP contribution is -2.40. The largest absolute Gasteiger partial charge is 0.271 e. The molecule has 176 valence electrons. The SMILES string of the molecule is C/C(=N/NC(=O)CN(c1ccccc1F)S(=O)(=O)c1ccc(C)cc1)c1ccc([N+](=O)[O-])cc1. The predicted molar refractivity (Wildman–Crippen MR) is 126 cm³/mol. The molecule has 0 aliphatic rings. The highest BCUT2D eigenvalue weighted by Crippen LogP contribution is 2.26. The minimum absolute atomic E-state index is 0.0950. The van der Waals surface area contributed by atoms with Crippen LogP contribution in [0.3, 0.4) is 0 Å². The number of halogens is 1. The van der Waals surface area contributed by atoms with E-state index < -0.39 is 33.2 Å². The zero-order valence-corrected chi connectivity index (χ0v) is 19.1. The quantitative estimate of drug-likeness (QED) is 0.296. The van der Waals surface area contributed by atoms with Crippen LogP contribution in [0.15, 0.2) is 82.8 Å². The molecular formula is C23H21FN4O5S. The van der Waals surface area contributed by atoms with E-state index in [9.17, 15) is 27.7 Å². The molecule has 0 spiro atoms. The first-order valence-electron chi connectivity index (χ1n) is 10.0. The summed E-state index contributed by atoms with van der Waals surface area (Å²) in [5.74, 6) is -1.61. The molecule has 1 N–H and O–H groups in total. The highest BCUT2D eigenvalue weighted by atomic mass is 32.2. The Morgan fingerprint density at radius 3 is 2.26 bits per heavy atom. The summed E-state index contributed by atoms with van der Waals surface area (Å²) in [5.41, 5.74) is 3.57. The number of hydrazone groups is 1. The van der Waals surface area contributed by atoms with Gasteiger partial charge in [-0.2, -0.15) is 5.10 Å². The minimum atomic E-state index is -4.27. The topological polar surface area (TPSA) is 122 Å². The Morgan fingerprint density at radius 1 is 1.06 bits per heavy atom. The molecule has 0 aliphatic heterocycles. The van der Waals surface area contributed by atoms with E-state index in [-0.39, 0.29) is 16.3 Å². The lowest BCUT2D eigenvalue weighted by molar-refractivity contribution is -0.384. The fraction of sp³-hybridized carbons (Fsp3) is 0.130. The number of anilines is 1. The van der Waals surface area contributed by atoms with Crippen molar-refractivity contribution < 1.29 is 22.5 Å². The van der Waals surface area contributed by atoms with E-state index in [1.807, 2.05) is 0 Å². The van der Waals surface area contributed by atoms with Gasteiger partial charge in [-0.05, 0) is 55.8 Å². The van der Waals surface area contributed by atoms with Crippen molar-refractivity contribution >= 4 is 33.0 Å². The molecule has 0 bridgehead atoms. The van der Waals surface area contributed by atoms with Crippen LogP contribution in [0.2, 0.25) is 0 Å². The fourth-order valence-electron chi connectivity index (χ4n) is 2.99. The Kier molecular flexibility index (Phi) is 7.37. The van der Waals surface area contributed by atoms with Crippen molar-refractivity contribution in [3.8, 4) is 0 Å². The van der Waals surface area contributed by atoms with Crippen LogP contribution in [-0.4, -0.2) is 31.5 Å². The number of rotatable bonds is 8. The van der Waals surface area contributed by atoms with Crippen LogP contribution in [0.1, 0.15) is 18.1 Å². The first-order chi connectivity index (χ1) is 16.1. The zero-order valence-electron chi connectivity index (χ0n) is 18.3. The molecule has 34 heavy (non-hydrogen) atoms. The number of nitro groups is 1. The average Bonchev–Trinajstić information content (AvgIpc) is 2.82. The minimum Gasteiger partial charge on any atom is -0.271 e. The number of carbonyl (C=O) groups excluding carboxylic acids is 1. The Bertz CT molecular complexity index is 1340. The van der Waals surface area contributed by atoms with Crippen LogP contribution < -0.4 is 9.73 Å². The maximum atomic E-state index is 14.5. The zero-order chi connectivity index (χ0) is 24.9. The number of para-hydroxylation sites is 1. The Morgan fingerprint density at radius 2 is 1.68 bits per heavy atom. The smallest absolute Gasteiger partial charge is 0.269 e. The third-order valence-electron chi connectivity index (χ3n) is 4.86. The van der Waals surface area contributed by atoms with Gasteiger partial charge in [-0.15, -0.1) is 0 Å². The number of hydrogen-bond donors (Lipinski definition) is 1. The molecule has 3 aromatic carbocycles. The van der Waals surface area contributed by atoms with Crippen molar-refractivity contribution in [3.05, 3.63) is 99.9 Å². The Hall–Kier alpha value is -4.12. The summed E-state index contributed by atoms with van der Waals surface area (Å²) in [6.07, 6.45) is 0. The molecule has 0 atom stereocenters. The highest BCUT2D eigenvalue weighted by Gasteiger charge is 2.29. The molecule has 0 saturated carbocycles. The first-order valence-corrected chi connectivity index (χ1v) is 11.5. The molecule has 0 saturated heterocycles. The first kappa shape index (κ1) is 24.5. The van der Waals surface area contributed by atoms with E-state index in [2.05, 4.69) is 10.5 Å². The van der Waals surface area contributed by atoms with Gasteiger partial charge in [0.15, 0.2) is 0 Å². The number of hydrogen-bond acceptors (Lipinski definition) is 6. The van der Waals surface area contributed by atoms with Crippen LogP contribution in [-0.2, 0) is 14.8 Å². The van der Waals surface area contributed by atoms with Crippen LogP contribution in [0.25, 0.3) is 0 Å². The van der Waals surface area contributed by atoms with Crippen LogP contribution in [0.4, 0.5) is 15.8 Å². The molecule has 3 aromatic rings. The Labute approximate surface area is 195 Å². The molecule has 0 radical (unpaired) electrons. The number of nitro benzene ring substituents is 1. The molecular weight excluding hydrogens is 463 g/mol. The van der Waals surface area contributed by atoms with Crippen molar-refractivity contribution in [1.82, 2.24) is 5.43 Å². The van der Waals surface area contributed by atoms with E-state index in [0.717, 1.165) is 11.6 Å². The van der Waals surface area contributed by atoms with Gasteiger partial charge in [0.2, 0.25) is 0 Å². The van der Waals surface area contributed by atoms with E-state index >= 15 is 0 Å². The summed E-state index contributed by atoms with van der Waals surface area (Å²) in [6, 6.07) is 16.7. The van der Waals surface area contributed by atoms with Gasteiger partial charge in [-0.25, -0.2) is 18.2 Å². The maximum Gasteiger partial charge on any atom is 0.269 e. The summed E-state index contributed by atoms with van der Waals surface area (Å²) < 4.78 is 41.7. The Balaban J connectivity index is 1.85. The third kappa shape index (κ3) is 5.62. The van der Waals surface area contributed by atoms with Gasteiger partial charge in [0.05, 0.1) is 21.2 Å². The van der Waals surface area contributed by atoms with Gasteiger partial charge in [0, 0.05) is 12.1 Å². The van der Waals surface area contributed by atoms with E-state index in [1.54, 1.807) is 26.0 Å². The van der Waals surface area contributed by atoms with E-state index in [4.69, 9.17) is 0 Å². The summed E-state index contributed by atoms with van der Waals surface area (Å²) in [7, 11) is -4.27. The number of sulfonamides is 1. The fourth-order valence-corrected chi connectivity index (χ4v) is 4.42. The second-order valence-electron chi connectivity index (χ2n) is 7.31. The van der Waals surface area contributed by atoms with Crippen molar-refractivity contribution in [1.29, 1.82) is 0 Å². The number of non-ortho nitro benzene ring substituents is 1. The monoisotopic (exact) mass is 484 g/mol. The highest BCUT2D eigenvalue weighted by molar-refractivity contribution is 7.92. The third-order valence-corrected chi connectivity index (χ3v) is 6.64. The summed E-state index contributed by atoms with van der Waals surface area (Å²) in [5, 5.41) is 14.7. The van der Waals surface area contributed by atoms with Crippen LogP contribution in [0, 0.1) is 22.9 Å². The number of amides is 1. The predicted octanol–water partition coefficient (Wildman–Crippen LogP) is 3.78. The van der Waals surface area contributed by atoms with Crippen LogP contribution >= 0.6 is 0 Å². The molecule has 0 fully saturated rings.